The molecule has 0 unspecified atom stereocenters. The van der Waals surface area contributed by atoms with E-state index in [9.17, 15) is 13.2 Å². The summed E-state index contributed by atoms with van der Waals surface area (Å²) in [4.78, 5) is 11.6. The normalized spacial score (nSPS) is 11.5. The Kier molecular flexibility index (Phi) is 6.48. The van der Waals surface area contributed by atoms with Crippen LogP contribution < -0.4 is 10.1 Å². The first-order valence-corrected chi connectivity index (χ1v) is 9.06. The van der Waals surface area contributed by atoms with Gasteiger partial charge in [-0.3, -0.25) is 4.79 Å². The minimum Gasteiger partial charge on any atom is -0.482 e. The van der Waals surface area contributed by atoms with Crippen molar-refractivity contribution in [2.24, 2.45) is 0 Å². The first-order chi connectivity index (χ1) is 9.77. The highest BCUT2D eigenvalue weighted by Gasteiger charge is 2.18. The number of amides is 1. The van der Waals surface area contributed by atoms with E-state index in [1.54, 1.807) is 13.0 Å². The van der Waals surface area contributed by atoms with Crippen LogP contribution in [-0.2, 0) is 13.8 Å². The van der Waals surface area contributed by atoms with E-state index in [1.165, 1.54) is 12.1 Å². The topological polar surface area (TPSA) is 72.5 Å². The van der Waals surface area contributed by atoms with E-state index in [0.717, 1.165) is 18.4 Å². The number of carbonyl (C=O) groups excluding carboxylic acids is 1. The third-order valence-corrected chi connectivity index (χ3v) is 4.41. The van der Waals surface area contributed by atoms with Crippen LogP contribution in [0.3, 0.4) is 0 Å². The molecule has 0 heterocycles. The molecule has 0 aromatic heterocycles. The first kappa shape index (κ1) is 17.8. The molecule has 21 heavy (non-hydrogen) atoms. The van der Waals surface area contributed by atoms with Crippen molar-refractivity contribution >= 4 is 25.6 Å². The summed E-state index contributed by atoms with van der Waals surface area (Å²) in [7, 11) is 1.45. The molecule has 0 saturated heterocycles. The summed E-state index contributed by atoms with van der Waals surface area (Å²) in [6.07, 6.45) is 1.65. The largest absolute Gasteiger partial charge is 0.482 e. The quantitative estimate of drug-likeness (QED) is 0.778. The highest BCUT2D eigenvalue weighted by atomic mass is 35.7. The highest BCUT2D eigenvalue weighted by Crippen LogP contribution is 2.27. The maximum absolute atomic E-state index is 11.8. The van der Waals surface area contributed by atoms with E-state index in [1.807, 2.05) is 13.8 Å². The molecule has 0 fully saturated rings. The second-order valence-corrected chi connectivity index (χ2v) is 7.29. The Labute approximate surface area is 130 Å². The second kappa shape index (κ2) is 7.66. The molecule has 1 aromatic carbocycles. The zero-order valence-corrected chi connectivity index (χ0v) is 13.9. The number of halogens is 1. The molecule has 0 spiro atoms. The number of ether oxygens (including phenoxy) is 1. The van der Waals surface area contributed by atoms with Crippen LogP contribution in [0.25, 0.3) is 0 Å². The maximum Gasteiger partial charge on any atom is 0.264 e. The molecule has 0 aliphatic rings. The molecule has 1 aromatic rings. The van der Waals surface area contributed by atoms with Crippen LogP contribution >= 0.6 is 10.7 Å². The molecule has 0 aliphatic heterocycles. The highest BCUT2D eigenvalue weighted by molar-refractivity contribution is 8.13. The smallest absolute Gasteiger partial charge is 0.264 e. The Bertz CT molecular complexity index is 597. The fourth-order valence-electron chi connectivity index (χ4n) is 1.83. The molecule has 0 bridgehead atoms. The minimum atomic E-state index is -3.92. The summed E-state index contributed by atoms with van der Waals surface area (Å²) in [5, 5.41) is 2.81. The van der Waals surface area contributed by atoms with Gasteiger partial charge in [-0.15, -0.1) is 0 Å². The van der Waals surface area contributed by atoms with Crippen molar-refractivity contribution in [3.63, 3.8) is 0 Å². The number of aryl methyl sites for hydroxylation is 1. The molecule has 1 amide bonds. The van der Waals surface area contributed by atoms with Crippen molar-refractivity contribution < 1.29 is 17.9 Å². The molecule has 5 nitrogen and oxygen atoms in total. The maximum atomic E-state index is 11.8. The van der Waals surface area contributed by atoms with Gasteiger partial charge in [-0.05, 0) is 37.5 Å². The van der Waals surface area contributed by atoms with Crippen LogP contribution in [0.5, 0.6) is 5.75 Å². The van der Waals surface area contributed by atoms with E-state index in [0.29, 0.717) is 0 Å². The SMILES string of the molecule is CCC(CC)NC(=O)COc1ccc(C)cc1S(=O)(=O)Cl. The molecule has 0 radical (unpaired) electrons. The molecule has 0 saturated carbocycles. The number of rotatable bonds is 7. The summed E-state index contributed by atoms with van der Waals surface area (Å²) in [6, 6.07) is 4.70. The number of benzene rings is 1. The predicted octanol–water partition coefficient (Wildman–Crippen LogP) is 2.61. The predicted molar refractivity (Wildman–Crippen MR) is 82.2 cm³/mol. The van der Waals surface area contributed by atoms with E-state index in [2.05, 4.69) is 5.32 Å². The molecule has 0 aliphatic carbocycles. The Balaban J connectivity index is 2.78. The van der Waals surface area contributed by atoms with Gasteiger partial charge in [-0.2, -0.15) is 0 Å². The Morgan fingerprint density at radius 2 is 1.95 bits per heavy atom. The fourth-order valence-corrected chi connectivity index (χ4v) is 2.89. The molecule has 1 rings (SSSR count). The van der Waals surface area contributed by atoms with Crippen molar-refractivity contribution in [3.8, 4) is 5.75 Å². The molecular formula is C14H20ClNO4S. The average molecular weight is 334 g/mol. The van der Waals surface area contributed by atoms with Crippen LogP contribution in [0.15, 0.2) is 23.1 Å². The van der Waals surface area contributed by atoms with Gasteiger partial charge in [0.15, 0.2) is 6.61 Å². The van der Waals surface area contributed by atoms with Crippen molar-refractivity contribution in [1.29, 1.82) is 0 Å². The van der Waals surface area contributed by atoms with Crippen LogP contribution in [-0.4, -0.2) is 27.0 Å². The molecule has 118 valence electrons. The standard InChI is InChI=1S/C14H20ClNO4S/c1-4-11(5-2)16-14(17)9-20-12-7-6-10(3)8-13(12)21(15,18)19/h6-8,11H,4-5,9H2,1-3H3,(H,16,17). The zero-order valence-electron chi connectivity index (χ0n) is 12.3. The molecular weight excluding hydrogens is 314 g/mol. The van der Waals surface area contributed by atoms with Gasteiger partial charge in [0.25, 0.3) is 15.0 Å². The summed E-state index contributed by atoms with van der Waals surface area (Å²) in [5.41, 5.74) is 0.739. The lowest BCUT2D eigenvalue weighted by atomic mass is 10.2. The van der Waals surface area contributed by atoms with Crippen LogP contribution in [0.4, 0.5) is 0 Å². The summed E-state index contributed by atoms with van der Waals surface area (Å²) >= 11 is 0. The monoisotopic (exact) mass is 333 g/mol. The minimum absolute atomic E-state index is 0.0790. The third kappa shape index (κ3) is 5.55. The lowest BCUT2D eigenvalue weighted by molar-refractivity contribution is -0.123. The van der Waals surface area contributed by atoms with Crippen molar-refractivity contribution in [1.82, 2.24) is 5.32 Å². The summed E-state index contributed by atoms with van der Waals surface area (Å²) in [5.74, 6) is -0.211. The summed E-state index contributed by atoms with van der Waals surface area (Å²) < 4.78 is 28.3. The number of hydrogen-bond acceptors (Lipinski definition) is 4. The molecule has 0 atom stereocenters. The van der Waals surface area contributed by atoms with Crippen molar-refractivity contribution in [3.05, 3.63) is 23.8 Å². The third-order valence-electron chi connectivity index (χ3n) is 3.07. The first-order valence-electron chi connectivity index (χ1n) is 6.75. The Morgan fingerprint density at radius 1 is 1.33 bits per heavy atom. The van der Waals surface area contributed by atoms with Gasteiger partial charge in [0, 0.05) is 16.7 Å². The zero-order chi connectivity index (χ0) is 16.0. The van der Waals surface area contributed by atoms with Gasteiger partial charge in [0.1, 0.15) is 10.6 Å². The van der Waals surface area contributed by atoms with E-state index >= 15 is 0 Å². The van der Waals surface area contributed by atoms with Gasteiger partial charge >= 0.3 is 0 Å². The lowest BCUT2D eigenvalue weighted by Gasteiger charge is -2.15. The van der Waals surface area contributed by atoms with Crippen LogP contribution in [0.2, 0.25) is 0 Å². The number of hydrogen-bond donors (Lipinski definition) is 1. The van der Waals surface area contributed by atoms with Gasteiger partial charge in [0.2, 0.25) is 0 Å². The van der Waals surface area contributed by atoms with Gasteiger partial charge in [0.05, 0.1) is 0 Å². The Hall–Kier alpha value is -1.27. The van der Waals surface area contributed by atoms with Gasteiger partial charge in [-0.25, -0.2) is 8.42 Å². The molecule has 1 N–H and O–H groups in total. The van der Waals surface area contributed by atoms with Crippen LogP contribution in [0, 0.1) is 6.92 Å². The van der Waals surface area contributed by atoms with Crippen molar-refractivity contribution in [2.45, 2.75) is 44.6 Å². The van der Waals surface area contributed by atoms with E-state index < -0.39 is 9.05 Å². The molecule has 7 heteroatoms. The van der Waals surface area contributed by atoms with Gasteiger partial charge < -0.3 is 10.1 Å². The lowest BCUT2D eigenvalue weighted by Crippen LogP contribution is -2.37. The summed E-state index contributed by atoms with van der Waals surface area (Å²) in [6.45, 7) is 5.45. The Morgan fingerprint density at radius 3 is 2.48 bits per heavy atom. The van der Waals surface area contributed by atoms with Gasteiger partial charge in [-0.1, -0.05) is 19.9 Å². The van der Waals surface area contributed by atoms with Crippen LogP contribution in [0.1, 0.15) is 32.3 Å². The second-order valence-electron chi connectivity index (χ2n) is 4.76. The average Bonchev–Trinajstić information content (AvgIpc) is 2.42. The van der Waals surface area contributed by atoms with Crippen molar-refractivity contribution in [2.75, 3.05) is 6.61 Å². The van der Waals surface area contributed by atoms with E-state index in [4.69, 9.17) is 15.4 Å². The fraction of sp³-hybridized carbons (Fsp3) is 0.500. The number of nitrogens with one attached hydrogen (secondary N) is 1. The number of carbonyl (C=O) groups is 1. The van der Waals surface area contributed by atoms with E-state index in [-0.39, 0.29) is 29.2 Å².